The van der Waals surface area contributed by atoms with Crippen LogP contribution >= 0.6 is 11.3 Å². The molecule has 0 amide bonds. The van der Waals surface area contributed by atoms with Gasteiger partial charge in [-0.2, -0.15) is 10.4 Å². The van der Waals surface area contributed by atoms with Crippen molar-refractivity contribution in [2.45, 2.75) is 40.0 Å². The van der Waals surface area contributed by atoms with Gasteiger partial charge in [-0.15, -0.1) is 11.3 Å². The number of ether oxygens (including phenoxy) is 1. The highest BCUT2D eigenvalue weighted by molar-refractivity contribution is 7.10. The zero-order chi connectivity index (χ0) is 22.1. The monoisotopic (exact) mass is 421 g/mol. The number of aryl methyl sites for hydroxylation is 2. The van der Waals surface area contributed by atoms with E-state index in [1.165, 1.54) is 17.5 Å². The number of hydrogen-bond donors (Lipinski definition) is 0. The van der Waals surface area contributed by atoms with Gasteiger partial charge in [0.05, 0.1) is 27.5 Å². The number of thiazole rings is 1. The van der Waals surface area contributed by atoms with E-state index in [1.54, 1.807) is 30.1 Å². The van der Waals surface area contributed by atoms with Crippen molar-refractivity contribution in [1.82, 2.24) is 19.7 Å². The lowest BCUT2D eigenvalue weighted by molar-refractivity contribution is 0.0692. The maximum atomic E-state index is 12.8. The zero-order valence-electron chi connectivity index (χ0n) is 17.8. The number of nitriles is 1. The minimum atomic E-state index is -0.597. The lowest BCUT2D eigenvalue weighted by atomic mass is 9.98. The molecule has 0 bridgehead atoms. The van der Waals surface area contributed by atoms with Crippen LogP contribution in [0.25, 0.3) is 11.3 Å². The van der Waals surface area contributed by atoms with E-state index in [-0.39, 0.29) is 16.7 Å². The van der Waals surface area contributed by atoms with E-state index < -0.39 is 5.97 Å². The first kappa shape index (κ1) is 21.4. The summed E-state index contributed by atoms with van der Waals surface area (Å²) < 4.78 is 7.48. The molecule has 154 valence electrons. The van der Waals surface area contributed by atoms with Gasteiger partial charge < -0.3 is 4.74 Å². The standard InChI is InChI=1S/C22H23N5O2S/c1-13-18(14(2)27(6)26-13)19(29-20(28)15-8-7-9-24-11-15)16(10-23)17-12-30-21(25-17)22(3,4)5/h7-9,11-12H,1-6H3/b19-16-. The first-order valence-electron chi connectivity index (χ1n) is 9.37. The number of esters is 1. The van der Waals surface area contributed by atoms with Gasteiger partial charge in [0, 0.05) is 35.9 Å². The minimum absolute atomic E-state index is 0.153. The fraction of sp³-hybridized carbons (Fsp3) is 0.318. The summed E-state index contributed by atoms with van der Waals surface area (Å²) >= 11 is 1.47. The van der Waals surface area contributed by atoms with Gasteiger partial charge >= 0.3 is 5.97 Å². The molecular formula is C22H23N5O2S. The molecule has 0 aromatic carbocycles. The molecule has 0 radical (unpaired) electrons. The van der Waals surface area contributed by atoms with Gasteiger partial charge in [-0.05, 0) is 26.0 Å². The molecule has 8 heteroatoms. The van der Waals surface area contributed by atoms with Crippen LogP contribution in [0.4, 0.5) is 0 Å². The molecule has 30 heavy (non-hydrogen) atoms. The highest BCUT2D eigenvalue weighted by Crippen LogP contribution is 2.34. The summed E-state index contributed by atoms with van der Waals surface area (Å²) in [5.41, 5.74) is 2.85. The van der Waals surface area contributed by atoms with E-state index in [0.29, 0.717) is 22.5 Å². The number of nitrogens with zero attached hydrogens (tertiary/aromatic N) is 5. The van der Waals surface area contributed by atoms with Crippen LogP contribution < -0.4 is 0 Å². The third kappa shape index (κ3) is 4.16. The lowest BCUT2D eigenvalue weighted by Gasteiger charge is -2.14. The van der Waals surface area contributed by atoms with Gasteiger partial charge in [-0.3, -0.25) is 9.67 Å². The molecule has 0 unspecified atom stereocenters. The van der Waals surface area contributed by atoms with Crippen LogP contribution in [0.3, 0.4) is 0 Å². The number of hydrogen-bond acceptors (Lipinski definition) is 7. The summed E-state index contributed by atoms with van der Waals surface area (Å²) in [6.07, 6.45) is 3.00. The minimum Gasteiger partial charge on any atom is -0.421 e. The molecule has 3 aromatic rings. The van der Waals surface area contributed by atoms with Crippen LogP contribution in [0.15, 0.2) is 29.9 Å². The van der Waals surface area contributed by atoms with Crippen LogP contribution in [0.2, 0.25) is 0 Å². The lowest BCUT2D eigenvalue weighted by Crippen LogP contribution is -2.11. The van der Waals surface area contributed by atoms with Crippen molar-refractivity contribution >= 4 is 28.6 Å². The molecule has 0 atom stereocenters. The van der Waals surface area contributed by atoms with Crippen molar-refractivity contribution in [3.8, 4) is 6.07 Å². The van der Waals surface area contributed by atoms with Gasteiger partial charge in [0.15, 0.2) is 5.76 Å². The molecular weight excluding hydrogens is 398 g/mol. The Bertz CT molecular complexity index is 1160. The molecule has 0 fully saturated rings. The molecule has 0 saturated heterocycles. The van der Waals surface area contributed by atoms with Crippen LogP contribution in [0, 0.1) is 25.2 Å². The van der Waals surface area contributed by atoms with Crippen LogP contribution in [0.1, 0.15) is 58.8 Å². The first-order valence-corrected chi connectivity index (χ1v) is 10.2. The number of aromatic nitrogens is 4. The predicted molar refractivity (Wildman–Crippen MR) is 116 cm³/mol. The Hall–Kier alpha value is -3.31. The van der Waals surface area contributed by atoms with Gasteiger partial charge in [0.1, 0.15) is 11.6 Å². The third-order valence-electron chi connectivity index (χ3n) is 4.57. The smallest absolute Gasteiger partial charge is 0.345 e. The Labute approximate surface area is 179 Å². The molecule has 0 aliphatic rings. The number of carbonyl (C=O) groups is 1. The molecule has 3 rings (SSSR count). The Morgan fingerprint density at radius 2 is 2.03 bits per heavy atom. The van der Waals surface area contributed by atoms with Crippen LogP contribution in [-0.2, 0) is 17.2 Å². The SMILES string of the molecule is Cc1nn(C)c(C)c1/C(OC(=O)c1cccnc1)=C(\C#N)c1csc(C(C)(C)C)n1. The van der Waals surface area contributed by atoms with Gasteiger partial charge in [-0.25, -0.2) is 9.78 Å². The summed E-state index contributed by atoms with van der Waals surface area (Å²) in [5.74, 6) is -0.444. The summed E-state index contributed by atoms with van der Waals surface area (Å²) in [6.45, 7) is 9.86. The number of allylic oxidation sites excluding steroid dienone is 1. The van der Waals surface area contributed by atoms with Crippen LogP contribution in [0.5, 0.6) is 0 Å². The summed E-state index contributed by atoms with van der Waals surface area (Å²) in [5, 5.41) is 17.1. The Morgan fingerprint density at radius 3 is 2.53 bits per heavy atom. The van der Waals surface area contributed by atoms with E-state index in [9.17, 15) is 10.1 Å². The van der Waals surface area contributed by atoms with Crippen molar-refractivity contribution in [3.05, 3.63) is 63.1 Å². The second-order valence-electron chi connectivity index (χ2n) is 7.90. The highest BCUT2D eigenvalue weighted by Gasteiger charge is 2.27. The third-order valence-corrected chi connectivity index (χ3v) is 5.84. The quantitative estimate of drug-likeness (QED) is 0.351. The summed E-state index contributed by atoms with van der Waals surface area (Å²) in [4.78, 5) is 21.4. The fourth-order valence-electron chi connectivity index (χ4n) is 2.92. The number of carbonyl (C=O) groups excluding carboxylic acids is 1. The normalized spacial score (nSPS) is 12.3. The fourth-order valence-corrected chi connectivity index (χ4v) is 3.82. The highest BCUT2D eigenvalue weighted by atomic mass is 32.1. The summed E-state index contributed by atoms with van der Waals surface area (Å²) in [6, 6.07) is 5.46. The largest absolute Gasteiger partial charge is 0.421 e. The molecule has 0 N–H and O–H groups in total. The second-order valence-corrected chi connectivity index (χ2v) is 8.76. The Morgan fingerprint density at radius 1 is 1.30 bits per heavy atom. The topological polar surface area (TPSA) is 93.7 Å². The molecule has 3 aromatic heterocycles. The molecule has 0 saturated carbocycles. The molecule has 7 nitrogen and oxygen atoms in total. The van der Waals surface area contributed by atoms with Gasteiger partial charge in [-0.1, -0.05) is 20.8 Å². The van der Waals surface area contributed by atoms with E-state index in [0.717, 1.165) is 10.7 Å². The van der Waals surface area contributed by atoms with Crippen molar-refractivity contribution < 1.29 is 9.53 Å². The van der Waals surface area contributed by atoms with E-state index in [1.807, 2.05) is 19.2 Å². The average molecular weight is 422 g/mol. The zero-order valence-corrected chi connectivity index (χ0v) is 18.7. The van der Waals surface area contributed by atoms with Crippen molar-refractivity contribution in [2.75, 3.05) is 0 Å². The number of pyridine rings is 1. The van der Waals surface area contributed by atoms with E-state index in [4.69, 9.17) is 4.74 Å². The first-order chi connectivity index (χ1) is 14.1. The summed E-state index contributed by atoms with van der Waals surface area (Å²) in [7, 11) is 1.80. The number of rotatable bonds is 4. The van der Waals surface area contributed by atoms with Gasteiger partial charge in [0.25, 0.3) is 0 Å². The Kier molecular flexibility index (Phi) is 5.85. The van der Waals surface area contributed by atoms with E-state index in [2.05, 4.69) is 41.9 Å². The average Bonchev–Trinajstić information content (AvgIpc) is 3.28. The second kappa shape index (κ2) is 8.20. The molecule has 0 aliphatic heterocycles. The van der Waals surface area contributed by atoms with Gasteiger partial charge in [0.2, 0.25) is 0 Å². The van der Waals surface area contributed by atoms with Crippen molar-refractivity contribution in [1.29, 1.82) is 5.26 Å². The molecule has 3 heterocycles. The predicted octanol–water partition coefficient (Wildman–Crippen LogP) is 4.43. The van der Waals surface area contributed by atoms with E-state index >= 15 is 0 Å². The molecule has 0 aliphatic carbocycles. The maximum absolute atomic E-state index is 12.8. The molecule has 0 spiro atoms. The Balaban J connectivity index is 2.20. The maximum Gasteiger partial charge on any atom is 0.345 e. The van der Waals surface area contributed by atoms with Crippen molar-refractivity contribution in [2.24, 2.45) is 7.05 Å². The van der Waals surface area contributed by atoms with Crippen molar-refractivity contribution in [3.63, 3.8) is 0 Å². The van der Waals surface area contributed by atoms with Crippen LogP contribution in [-0.4, -0.2) is 25.7 Å².